The second-order valence-electron chi connectivity index (χ2n) is 6.77. The third-order valence-corrected chi connectivity index (χ3v) is 6.03. The molecule has 28 heavy (non-hydrogen) atoms. The first kappa shape index (κ1) is 21.6. The molecule has 0 unspecified atom stereocenters. The van der Waals surface area contributed by atoms with E-state index in [1.165, 1.54) is 11.7 Å². The van der Waals surface area contributed by atoms with E-state index in [4.69, 9.17) is 4.74 Å². The van der Waals surface area contributed by atoms with Crippen molar-refractivity contribution in [3.63, 3.8) is 0 Å². The maximum absolute atomic E-state index is 13.3. The summed E-state index contributed by atoms with van der Waals surface area (Å²) in [5, 5.41) is 6.69. The molecule has 2 aromatic rings. The van der Waals surface area contributed by atoms with Crippen LogP contribution in [-0.2, 0) is 21.7 Å². The van der Waals surface area contributed by atoms with Gasteiger partial charge in [-0.15, -0.1) is 0 Å². The summed E-state index contributed by atoms with van der Waals surface area (Å²) in [6.07, 6.45) is 1.15. The zero-order chi connectivity index (χ0) is 21.4. The van der Waals surface area contributed by atoms with Crippen molar-refractivity contribution in [2.24, 2.45) is 7.05 Å². The molecule has 0 spiro atoms. The van der Waals surface area contributed by atoms with Gasteiger partial charge in [-0.2, -0.15) is 5.10 Å². The van der Waals surface area contributed by atoms with Gasteiger partial charge in [0.15, 0.2) is 16.4 Å². The van der Waals surface area contributed by atoms with Gasteiger partial charge in [-0.1, -0.05) is 0 Å². The number of ether oxygens (including phenoxy) is 1. The number of carbonyl (C=O) groups is 2. The molecule has 2 rings (SSSR count). The van der Waals surface area contributed by atoms with Gasteiger partial charge in [0.1, 0.15) is 5.56 Å². The van der Waals surface area contributed by atoms with Crippen molar-refractivity contribution in [3.8, 4) is 5.88 Å². The maximum atomic E-state index is 13.3. The van der Waals surface area contributed by atoms with Crippen LogP contribution in [0.15, 0.2) is 11.0 Å². The van der Waals surface area contributed by atoms with E-state index in [1.54, 1.807) is 40.8 Å². The topological polar surface area (TPSA) is 107 Å². The summed E-state index contributed by atoms with van der Waals surface area (Å²) in [5.74, 6) is -0.480. The number of amides is 1. The van der Waals surface area contributed by atoms with Crippen molar-refractivity contribution >= 4 is 21.5 Å². The number of rotatable bonds is 6. The van der Waals surface area contributed by atoms with E-state index in [0.717, 1.165) is 6.26 Å². The molecule has 1 aromatic heterocycles. The Morgan fingerprint density at radius 3 is 2.32 bits per heavy atom. The lowest BCUT2D eigenvalue weighted by atomic mass is 9.94. The van der Waals surface area contributed by atoms with Gasteiger partial charge in [-0.05, 0) is 50.5 Å². The summed E-state index contributed by atoms with van der Waals surface area (Å²) in [7, 11) is -0.309. The van der Waals surface area contributed by atoms with Crippen molar-refractivity contribution in [2.45, 2.75) is 32.6 Å². The second-order valence-corrected chi connectivity index (χ2v) is 8.73. The molecule has 0 radical (unpaired) electrons. The third-order valence-electron chi connectivity index (χ3n) is 4.66. The lowest BCUT2D eigenvalue weighted by molar-refractivity contribution is -0.122. The van der Waals surface area contributed by atoms with E-state index in [9.17, 15) is 18.0 Å². The molecule has 1 heterocycles. The standard InChI is InChI=1S/C19H25N3O5S/c1-10-8-14(11(2)12(3)18(10)28(7,25)26)17(24)16-13(4)21-22(6)19(16)27-9-15(23)20-5/h8H,9H2,1-7H3,(H,20,23). The molecule has 0 aliphatic heterocycles. The molecule has 1 aromatic carbocycles. The van der Waals surface area contributed by atoms with Crippen LogP contribution in [0.25, 0.3) is 0 Å². The van der Waals surface area contributed by atoms with Crippen LogP contribution in [0.5, 0.6) is 5.88 Å². The van der Waals surface area contributed by atoms with E-state index < -0.39 is 9.84 Å². The summed E-state index contributed by atoms with van der Waals surface area (Å²) in [4.78, 5) is 25.1. The number of hydrogen-bond acceptors (Lipinski definition) is 6. The predicted molar refractivity (Wildman–Crippen MR) is 105 cm³/mol. The molecule has 152 valence electrons. The minimum Gasteiger partial charge on any atom is -0.467 e. The Hall–Kier alpha value is -2.68. The molecule has 0 saturated carbocycles. The number of nitrogens with zero attached hydrogens (tertiary/aromatic N) is 2. The highest BCUT2D eigenvalue weighted by molar-refractivity contribution is 7.90. The molecule has 8 nitrogen and oxygen atoms in total. The average molecular weight is 407 g/mol. The van der Waals surface area contributed by atoms with E-state index in [0.29, 0.717) is 27.9 Å². The summed E-state index contributed by atoms with van der Waals surface area (Å²) in [6.45, 7) is 6.50. The first-order valence-electron chi connectivity index (χ1n) is 8.62. The Balaban J connectivity index is 2.61. The van der Waals surface area contributed by atoms with Crippen LogP contribution in [0, 0.1) is 27.7 Å². The summed E-state index contributed by atoms with van der Waals surface area (Å²) in [5.41, 5.74) is 2.71. The van der Waals surface area contributed by atoms with Crippen molar-refractivity contribution in [1.82, 2.24) is 15.1 Å². The lowest BCUT2D eigenvalue weighted by Gasteiger charge is -2.15. The van der Waals surface area contributed by atoms with Crippen molar-refractivity contribution in [3.05, 3.63) is 39.6 Å². The fourth-order valence-corrected chi connectivity index (χ4v) is 4.62. The van der Waals surface area contributed by atoms with E-state index in [-0.39, 0.29) is 34.6 Å². The van der Waals surface area contributed by atoms with Gasteiger partial charge >= 0.3 is 0 Å². The number of likely N-dealkylation sites (N-methyl/N-ethyl adjacent to an activating group) is 1. The van der Waals surface area contributed by atoms with Gasteiger partial charge in [0.25, 0.3) is 5.91 Å². The molecular formula is C19H25N3O5S. The quantitative estimate of drug-likeness (QED) is 0.726. The normalized spacial score (nSPS) is 11.4. The van der Waals surface area contributed by atoms with Crippen LogP contribution >= 0.6 is 0 Å². The van der Waals surface area contributed by atoms with Crippen molar-refractivity contribution in [1.29, 1.82) is 0 Å². The molecular weight excluding hydrogens is 382 g/mol. The smallest absolute Gasteiger partial charge is 0.257 e. The lowest BCUT2D eigenvalue weighted by Crippen LogP contribution is -2.26. The number of ketones is 1. The van der Waals surface area contributed by atoms with Crippen LogP contribution in [0.1, 0.15) is 38.3 Å². The largest absolute Gasteiger partial charge is 0.467 e. The summed E-state index contributed by atoms with van der Waals surface area (Å²) >= 11 is 0. The molecule has 1 N–H and O–H groups in total. The number of nitrogens with one attached hydrogen (secondary N) is 1. The molecule has 0 fully saturated rings. The monoisotopic (exact) mass is 407 g/mol. The maximum Gasteiger partial charge on any atom is 0.257 e. The van der Waals surface area contributed by atoms with Gasteiger partial charge in [-0.3, -0.25) is 9.59 Å². The number of benzene rings is 1. The molecule has 0 atom stereocenters. The van der Waals surface area contributed by atoms with Crippen LogP contribution in [0.4, 0.5) is 0 Å². The van der Waals surface area contributed by atoms with Gasteiger partial charge in [-0.25, -0.2) is 13.1 Å². The van der Waals surface area contributed by atoms with Crippen molar-refractivity contribution < 1.29 is 22.7 Å². The van der Waals surface area contributed by atoms with Crippen LogP contribution in [0.2, 0.25) is 0 Å². The van der Waals surface area contributed by atoms with Gasteiger partial charge in [0.05, 0.1) is 10.6 Å². The molecule has 9 heteroatoms. The minimum absolute atomic E-state index is 0.188. The first-order valence-corrected chi connectivity index (χ1v) is 10.5. The fraction of sp³-hybridized carbons (Fsp3) is 0.421. The van der Waals surface area contributed by atoms with Crippen molar-refractivity contribution in [2.75, 3.05) is 19.9 Å². The van der Waals surface area contributed by atoms with E-state index >= 15 is 0 Å². The Labute approximate surface area is 164 Å². The number of sulfone groups is 1. The number of carbonyl (C=O) groups excluding carboxylic acids is 2. The molecule has 0 bridgehead atoms. The highest BCUT2D eigenvalue weighted by Crippen LogP contribution is 2.31. The molecule has 1 amide bonds. The Morgan fingerprint density at radius 1 is 1.18 bits per heavy atom. The molecule has 0 saturated heterocycles. The number of aryl methyl sites for hydroxylation is 3. The van der Waals surface area contributed by atoms with Gasteiger partial charge in [0.2, 0.25) is 11.7 Å². The van der Waals surface area contributed by atoms with E-state index in [1.807, 2.05) is 0 Å². The second kappa shape index (κ2) is 7.75. The Morgan fingerprint density at radius 2 is 1.79 bits per heavy atom. The molecule has 0 aliphatic rings. The zero-order valence-corrected chi connectivity index (χ0v) is 17.9. The van der Waals surface area contributed by atoms with Gasteiger partial charge in [0, 0.05) is 25.9 Å². The predicted octanol–water partition coefficient (Wildman–Crippen LogP) is 1.41. The minimum atomic E-state index is -3.42. The van der Waals surface area contributed by atoms with Crippen LogP contribution < -0.4 is 10.1 Å². The third kappa shape index (κ3) is 3.94. The number of aromatic nitrogens is 2. The van der Waals surface area contributed by atoms with E-state index in [2.05, 4.69) is 10.4 Å². The SMILES string of the molecule is CNC(=O)COc1c(C(=O)c2cc(C)c(S(C)(=O)=O)c(C)c2C)c(C)nn1C. The first-order chi connectivity index (χ1) is 12.9. The fourth-order valence-electron chi connectivity index (χ4n) is 3.27. The number of hydrogen-bond donors (Lipinski definition) is 1. The zero-order valence-electron chi connectivity index (χ0n) is 17.1. The Kier molecular flexibility index (Phi) is 5.98. The highest BCUT2D eigenvalue weighted by atomic mass is 32.2. The van der Waals surface area contributed by atoms with Crippen LogP contribution in [-0.4, -0.2) is 49.8 Å². The molecule has 0 aliphatic carbocycles. The highest BCUT2D eigenvalue weighted by Gasteiger charge is 2.27. The van der Waals surface area contributed by atoms with Crippen LogP contribution in [0.3, 0.4) is 0 Å². The summed E-state index contributed by atoms with van der Waals surface area (Å²) < 4.78 is 31.2. The van der Waals surface area contributed by atoms with Gasteiger partial charge < -0.3 is 10.1 Å². The summed E-state index contributed by atoms with van der Waals surface area (Å²) in [6, 6.07) is 1.58. The Bertz CT molecular complexity index is 1070. The average Bonchev–Trinajstić information content (AvgIpc) is 2.87.